The van der Waals surface area contributed by atoms with Gasteiger partial charge in [0.05, 0.1) is 22.6 Å². The monoisotopic (exact) mass is 634 g/mol. The summed E-state index contributed by atoms with van der Waals surface area (Å²) in [4.78, 5) is 13.2. The highest BCUT2D eigenvalue weighted by Gasteiger charge is 2.17. The quantitative estimate of drug-likeness (QED) is 0.130. The van der Waals surface area contributed by atoms with Gasteiger partial charge < -0.3 is 27.0 Å². The number of anilines is 1. The van der Waals surface area contributed by atoms with E-state index < -0.39 is 0 Å². The van der Waals surface area contributed by atoms with Gasteiger partial charge in [-0.15, -0.1) is 0 Å². The smallest absolute Gasteiger partial charge is 0.259 e. The number of hydrogen-bond acceptors (Lipinski definition) is 3. The van der Waals surface area contributed by atoms with Crippen LogP contribution in [0.2, 0.25) is 5.02 Å². The zero-order valence-corrected chi connectivity index (χ0v) is 26.7. The third-order valence-corrected chi connectivity index (χ3v) is 8.02. The van der Waals surface area contributed by atoms with E-state index in [4.69, 9.17) is 16.3 Å². The summed E-state index contributed by atoms with van der Waals surface area (Å²) in [6.45, 7) is 5.70. The maximum Gasteiger partial charge on any atom is 0.259 e. The maximum absolute atomic E-state index is 13.2. The van der Waals surface area contributed by atoms with Crippen LogP contribution in [-0.4, -0.2) is 12.5 Å². The third kappa shape index (κ3) is 12.0. The lowest BCUT2D eigenvalue weighted by Gasteiger charge is -2.13. The number of amides is 1. The molecule has 3 rings (SSSR count). The van der Waals surface area contributed by atoms with Crippen molar-refractivity contribution in [2.45, 2.75) is 97.4 Å². The number of ether oxygens (including phenoxy) is 1. The average Bonchev–Trinajstić information content (AvgIpc) is 3.31. The van der Waals surface area contributed by atoms with E-state index in [9.17, 15) is 4.79 Å². The molecule has 1 aromatic heterocycles. The van der Waals surface area contributed by atoms with Crippen molar-refractivity contribution in [2.75, 3.05) is 11.9 Å². The molecule has 0 aliphatic heterocycles. The van der Waals surface area contributed by atoms with Gasteiger partial charge >= 0.3 is 0 Å². The van der Waals surface area contributed by atoms with Crippen LogP contribution >= 0.6 is 22.9 Å². The van der Waals surface area contributed by atoms with E-state index in [1.807, 2.05) is 18.2 Å². The maximum atomic E-state index is 13.2. The predicted octanol–water partition coefficient (Wildman–Crippen LogP) is 6.38. The summed E-state index contributed by atoms with van der Waals surface area (Å²) in [5.41, 5.74) is 5.67. The Balaban J connectivity index is 0.00000533. The Bertz CT molecular complexity index is 1120. The Morgan fingerprint density at radius 2 is 1.56 bits per heavy atom. The molecule has 3 aromatic rings. The van der Waals surface area contributed by atoms with Crippen molar-refractivity contribution < 1.29 is 31.1 Å². The molecule has 0 bridgehead atoms. The second-order valence-electron chi connectivity index (χ2n) is 10.1. The molecule has 7 heteroatoms. The second kappa shape index (κ2) is 19.2. The third-order valence-electron chi connectivity index (χ3n) is 6.87. The number of para-hydroxylation sites is 1. The summed E-state index contributed by atoms with van der Waals surface area (Å²) in [6, 6.07) is 13.3. The van der Waals surface area contributed by atoms with Crippen molar-refractivity contribution in [2.24, 2.45) is 0 Å². The number of carbonyl (C=O) groups excluding carboxylic acids is 1. The van der Waals surface area contributed by atoms with E-state index in [1.165, 1.54) is 69.9 Å². The van der Waals surface area contributed by atoms with Crippen LogP contribution in [0.15, 0.2) is 53.4 Å². The van der Waals surface area contributed by atoms with Crippen molar-refractivity contribution in [3.8, 4) is 5.75 Å². The van der Waals surface area contributed by atoms with Crippen molar-refractivity contribution in [3.63, 3.8) is 0 Å². The van der Waals surface area contributed by atoms with E-state index in [-0.39, 0.29) is 22.9 Å². The number of thiazole rings is 1. The van der Waals surface area contributed by atoms with Crippen LogP contribution in [0, 0.1) is 6.92 Å². The molecule has 0 fully saturated rings. The highest BCUT2D eigenvalue weighted by molar-refractivity contribution is 7.07. The summed E-state index contributed by atoms with van der Waals surface area (Å²) in [5.74, 6) is 0.254. The normalized spacial score (nSPS) is 10.7. The molecule has 0 aliphatic carbocycles. The predicted molar refractivity (Wildman–Crippen MR) is 161 cm³/mol. The lowest BCUT2D eigenvalue weighted by Crippen LogP contribution is -3.00. The van der Waals surface area contributed by atoms with Gasteiger partial charge in [0, 0.05) is 18.2 Å². The molecule has 1 amide bonds. The molecule has 0 saturated heterocycles. The summed E-state index contributed by atoms with van der Waals surface area (Å²) < 4.78 is 8.23. The van der Waals surface area contributed by atoms with Crippen LogP contribution < -0.4 is 31.6 Å². The van der Waals surface area contributed by atoms with E-state index in [2.05, 4.69) is 40.7 Å². The van der Waals surface area contributed by atoms with Crippen LogP contribution in [0.1, 0.15) is 106 Å². The van der Waals surface area contributed by atoms with Gasteiger partial charge in [-0.05, 0) is 30.7 Å². The average molecular weight is 636 g/mol. The molecule has 214 valence electrons. The summed E-state index contributed by atoms with van der Waals surface area (Å²) >= 11 is 8.12. The SMILES string of the molecule is CCCCCCCCCCCCCCOc1c(Cl)cccc1C(=O)Nc1cccc(C[n+]2cscc2C)c1.[Br-]. The minimum atomic E-state index is -0.214. The largest absolute Gasteiger partial charge is 1.00 e. The van der Waals surface area contributed by atoms with Gasteiger partial charge in [0.2, 0.25) is 5.51 Å². The Hall–Kier alpha value is -1.89. The zero-order chi connectivity index (χ0) is 27.0. The standard InChI is InChI=1S/C32H43ClN2O2S.BrH/c1-3-4-5-6-7-8-9-10-11-12-13-14-21-37-31-29(19-16-20-30(31)33)32(36)34-28-18-15-17-27(22-28)23-35-25-38-24-26(35)2;/h15-20,22,24-25H,3-14,21,23H2,1-2H3;1H. The van der Waals surface area contributed by atoms with Crippen molar-refractivity contribution in [1.82, 2.24) is 0 Å². The molecule has 0 aliphatic rings. The first kappa shape index (κ1) is 33.3. The molecule has 2 aromatic carbocycles. The van der Waals surface area contributed by atoms with Crippen LogP contribution in [0.3, 0.4) is 0 Å². The summed E-state index contributed by atoms with van der Waals surface area (Å²) in [6.07, 6.45) is 15.6. The molecular weight excluding hydrogens is 592 g/mol. The molecule has 1 N–H and O–H groups in total. The lowest BCUT2D eigenvalue weighted by molar-refractivity contribution is -0.689. The highest BCUT2D eigenvalue weighted by Crippen LogP contribution is 2.30. The molecule has 0 radical (unpaired) electrons. The topological polar surface area (TPSA) is 42.2 Å². The minimum Gasteiger partial charge on any atom is -1.00 e. The highest BCUT2D eigenvalue weighted by atomic mass is 79.9. The van der Waals surface area contributed by atoms with E-state index in [0.717, 1.165) is 30.6 Å². The lowest BCUT2D eigenvalue weighted by atomic mass is 10.1. The Morgan fingerprint density at radius 3 is 2.21 bits per heavy atom. The van der Waals surface area contributed by atoms with E-state index in [1.54, 1.807) is 29.5 Å². The zero-order valence-electron chi connectivity index (χ0n) is 23.5. The van der Waals surface area contributed by atoms with Gasteiger partial charge in [0.1, 0.15) is 0 Å². The Kier molecular flexibility index (Phi) is 16.4. The van der Waals surface area contributed by atoms with Crippen LogP contribution in [0.5, 0.6) is 5.75 Å². The summed E-state index contributed by atoms with van der Waals surface area (Å²) in [7, 11) is 0. The first-order valence-corrected chi connectivity index (χ1v) is 15.6. The molecule has 0 saturated carbocycles. The van der Waals surface area contributed by atoms with Gasteiger partial charge in [0.25, 0.3) is 5.91 Å². The van der Waals surface area contributed by atoms with Crippen molar-refractivity contribution >= 4 is 34.5 Å². The van der Waals surface area contributed by atoms with E-state index in [0.29, 0.717) is 22.9 Å². The number of benzene rings is 2. The number of halogens is 2. The van der Waals surface area contributed by atoms with Crippen LogP contribution in [0.4, 0.5) is 5.69 Å². The van der Waals surface area contributed by atoms with Crippen LogP contribution in [0.25, 0.3) is 0 Å². The number of unbranched alkanes of at least 4 members (excludes halogenated alkanes) is 11. The van der Waals surface area contributed by atoms with Gasteiger partial charge in [0.15, 0.2) is 18.0 Å². The Morgan fingerprint density at radius 1 is 0.923 bits per heavy atom. The number of aryl methyl sites for hydroxylation is 1. The first-order chi connectivity index (χ1) is 18.6. The second-order valence-corrected chi connectivity index (χ2v) is 11.3. The van der Waals surface area contributed by atoms with Gasteiger partial charge in [-0.2, -0.15) is 4.57 Å². The van der Waals surface area contributed by atoms with Gasteiger partial charge in [-0.3, -0.25) is 4.79 Å². The molecule has 0 spiro atoms. The number of rotatable bonds is 18. The van der Waals surface area contributed by atoms with Gasteiger partial charge in [-0.1, -0.05) is 119 Å². The number of nitrogens with one attached hydrogen (secondary N) is 1. The number of carbonyl (C=O) groups is 1. The number of hydrogen-bond donors (Lipinski definition) is 1. The number of aromatic nitrogens is 1. The fourth-order valence-electron chi connectivity index (χ4n) is 4.61. The van der Waals surface area contributed by atoms with Crippen molar-refractivity contribution in [3.05, 3.63) is 75.2 Å². The van der Waals surface area contributed by atoms with Crippen molar-refractivity contribution in [1.29, 1.82) is 0 Å². The van der Waals surface area contributed by atoms with Gasteiger partial charge in [-0.25, -0.2) is 0 Å². The molecule has 4 nitrogen and oxygen atoms in total. The Labute approximate surface area is 254 Å². The fourth-order valence-corrected chi connectivity index (χ4v) is 5.62. The minimum absolute atomic E-state index is 0. The number of nitrogens with zero attached hydrogens (tertiary/aromatic N) is 1. The van der Waals surface area contributed by atoms with E-state index >= 15 is 0 Å². The first-order valence-electron chi connectivity index (χ1n) is 14.3. The molecule has 39 heavy (non-hydrogen) atoms. The molecular formula is C32H44BrClN2O2S. The van der Waals surface area contributed by atoms with Crippen LogP contribution in [-0.2, 0) is 6.54 Å². The molecule has 0 unspecified atom stereocenters. The summed E-state index contributed by atoms with van der Waals surface area (Å²) in [5, 5.41) is 5.62. The molecule has 0 atom stereocenters. The molecule has 1 heterocycles. The fraction of sp³-hybridized carbons (Fsp3) is 0.500.